The van der Waals surface area contributed by atoms with Crippen molar-refractivity contribution >= 4 is 15.9 Å². The monoisotopic (exact) mass is 286 g/mol. The Bertz CT molecular complexity index is 353. The van der Waals surface area contributed by atoms with Crippen LogP contribution in [-0.4, -0.2) is 28.3 Å². The van der Waals surface area contributed by atoms with E-state index >= 15 is 0 Å². The van der Waals surface area contributed by atoms with Crippen LogP contribution in [0, 0.1) is 11.7 Å². The average Bonchev–Trinajstić information content (AvgIpc) is 2.15. The molecule has 2 rings (SSSR count). The van der Waals surface area contributed by atoms with Gasteiger partial charge < -0.3 is 4.90 Å². The Balaban J connectivity index is 1.80. The van der Waals surface area contributed by atoms with Crippen LogP contribution in [0.3, 0.4) is 0 Å². The van der Waals surface area contributed by atoms with Crippen LogP contribution in [0.5, 0.6) is 0 Å². The molecule has 0 aromatic carbocycles. The lowest BCUT2D eigenvalue weighted by Gasteiger charge is -2.34. The largest absolute Gasteiger partial charge is 0.302 e. The summed E-state index contributed by atoms with van der Waals surface area (Å²) in [6.45, 7) is 1.85. The molecule has 2 nitrogen and oxygen atoms in total. The summed E-state index contributed by atoms with van der Waals surface area (Å²) < 4.78 is 12.9. The van der Waals surface area contributed by atoms with Gasteiger partial charge in [0.1, 0.15) is 5.82 Å². The first-order valence-corrected chi connectivity index (χ1v) is 6.47. The van der Waals surface area contributed by atoms with Crippen molar-refractivity contribution in [2.45, 2.75) is 24.2 Å². The molecule has 0 unspecified atom stereocenters. The second kappa shape index (κ2) is 5.23. The molecule has 1 aromatic rings. The molecule has 0 spiro atoms. The average molecular weight is 287 g/mol. The van der Waals surface area contributed by atoms with Gasteiger partial charge in [0.2, 0.25) is 0 Å². The van der Waals surface area contributed by atoms with E-state index in [9.17, 15) is 4.39 Å². The number of alkyl halides is 1. The molecule has 16 heavy (non-hydrogen) atoms. The summed E-state index contributed by atoms with van der Waals surface area (Å²) >= 11 is 3.59. The quantitative estimate of drug-likeness (QED) is 0.792. The van der Waals surface area contributed by atoms with Crippen LogP contribution >= 0.6 is 15.9 Å². The second-order valence-corrected chi connectivity index (χ2v) is 5.94. The van der Waals surface area contributed by atoms with Gasteiger partial charge in [-0.15, -0.1) is 0 Å². The van der Waals surface area contributed by atoms with Gasteiger partial charge in [-0.2, -0.15) is 0 Å². The van der Waals surface area contributed by atoms with Crippen molar-refractivity contribution in [3.63, 3.8) is 0 Å². The van der Waals surface area contributed by atoms with Gasteiger partial charge in [0, 0.05) is 24.1 Å². The molecule has 0 N–H and O–H groups in total. The maximum atomic E-state index is 12.9. The van der Waals surface area contributed by atoms with E-state index in [1.54, 1.807) is 12.3 Å². The smallest absolute Gasteiger partial charge is 0.141 e. The van der Waals surface area contributed by atoms with E-state index in [-0.39, 0.29) is 5.82 Å². The molecule has 1 fully saturated rings. The van der Waals surface area contributed by atoms with Gasteiger partial charge in [0.15, 0.2) is 0 Å². The van der Waals surface area contributed by atoms with Crippen molar-refractivity contribution in [3.8, 4) is 0 Å². The van der Waals surface area contributed by atoms with Crippen molar-refractivity contribution in [1.82, 2.24) is 9.88 Å². The Hall–Kier alpha value is -0.480. The molecule has 0 atom stereocenters. The van der Waals surface area contributed by atoms with Crippen LogP contribution in [0.1, 0.15) is 18.4 Å². The topological polar surface area (TPSA) is 16.1 Å². The zero-order valence-electron chi connectivity index (χ0n) is 9.37. The standard InChI is InChI=1S/C12H16BrFN2/c1-16(7-9-2-11(13)3-9)8-10-4-12(14)6-15-5-10/h4-6,9,11H,2-3,7-8H2,1H3. The van der Waals surface area contributed by atoms with E-state index in [1.807, 2.05) is 0 Å². The van der Waals surface area contributed by atoms with Crippen LogP contribution in [-0.2, 0) is 6.54 Å². The van der Waals surface area contributed by atoms with E-state index in [0.29, 0.717) is 4.83 Å². The lowest BCUT2D eigenvalue weighted by Crippen LogP contribution is -2.34. The van der Waals surface area contributed by atoms with Gasteiger partial charge >= 0.3 is 0 Å². The molecule has 0 amide bonds. The molecule has 1 aliphatic rings. The summed E-state index contributed by atoms with van der Waals surface area (Å²) in [7, 11) is 2.08. The molecule has 0 bridgehead atoms. The van der Waals surface area contributed by atoms with Gasteiger partial charge in [-0.05, 0) is 37.4 Å². The van der Waals surface area contributed by atoms with Gasteiger partial charge in [0.25, 0.3) is 0 Å². The van der Waals surface area contributed by atoms with Crippen LogP contribution in [0.2, 0.25) is 0 Å². The van der Waals surface area contributed by atoms with Crippen LogP contribution < -0.4 is 0 Å². The fourth-order valence-electron chi connectivity index (χ4n) is 2.16. The molecule has 4 heteroatoms. The van der Waals surface area contributed by atoms with E-state index in [4.69, 9.17) is 0 Å². The molecule has 0 aliphatic heterocycles. The van der Waals surface area contributed by atoms with E-state index < -0.39 is 0 Å². The minimum atomic E-state index is -0.255. The normalized spacial score (nSPS) is 24.5. The van der Waals surface area contributed by atoms with E-state index in [1.165, 1.54) is 19.0 Å². The highest BCUT2D eigenvalue weighted by Crippen LogP contribution is 2.33. The Morgan fingerprint density at radius 1 is 1.50 bits per heavy atom. The predicted octanol–water partition coefficient (Wildman–Crippen LogP) is 2.83. The Morgan fingerprint density at radius 2 is 2.25 bits per heavy atom. The SMILES string of the molecule is CN(Cc1cncc(F)c1)CC1CC(Br)C1. The third kappa shape index (κ3) is 3.25. The van der Waals surface area contributed by atoms with Crippen molar-refractivity contribution in [2.75, 3.05) is 13.6 Å². The molecular weight excluding hydrogens is 271 g/mol. The number of halogens is 2. The highest BCUT2D eigenvalue weighted by molar-refractivity contribution is 9.09. The summed E-state index contributed by atoms with van der Waals surface area (Å²) in [6.07, 6.45) is 5.48. The summed E-state index contributed by atoms with van der Waals surface area (Å²) in [6, 6.07) is 1.55. The minimum absolute atomic E-state index is 0.255. The first-order valence-electron chi connectivity index (χ1n) is 5.55. The Labute approximate surface area is 104 Å². The molecule has 0 saturated heterocycles. The molecular formula is C12H16BrFN2. The number of hydrogen-bond acceptors (Lipinski definition) is 2. The number of hydrogen-bond donors (Lipinski definition) is 0. The molecule has 1 heterocycles. The lowest BCUT2D eigenvalue weighted by molar-refractivity contribution is 0.208. The Kier molecular flexibility index (Phi) is 3.92. The van der Waals surface area contributed by atoms with Gasteiger partial charge in [-0.1, -0.05) is 15.9 Å². The highest BCUT2D eigenvalue weighted by Gasteiger charge is 2.27. The minimum Gasteiger partial charge on any atom is -0.302 e. The van der Waals surface area contributed by atoms with Crippen molar-refractivity contribution in [2.24, 2.45) is 5.92 Å². The van der Waals surface area contributed by atoms with Crippen LogP contribution in [0.4, 0.5) is 4.39 Å². The molecule has 1 aliphatic carbocycles. The zero-order valence-corrected chi connectivity index (χ0v) is 11.0. The van der Waals surface area contributed by atoms with Gasteiger partial charge in [-0.25, -0.2) is 4.39 Å². The highest BCUT2D eigenvalue weighted by atomic mass is 79.9. The number of nitrogens with zero attached hydrogens (tertiary/aromatic N) is 2. The predicted molar refractivity (Wildman–Crippen MR) is 66.0 cm³/mol. The molecule has 1 aromatic heterocycles. The Morgan fingerprint density at radius 3 is 2.88 bits per heavy atom. The summed E-state index contributed by atoms with van der Waals surface area (Å²) in [4.78, 5) is 6.80. The van der Waals surface area contributed by atoms with Gasteiger partial charge in [0.05, 0.1) is 6.20 Å². The van der Waals surface area contributed by atoms with Crippen molar-refractivity contribution in [1.29, 1.82) is 0 Å². The summed E-state index contributed by atoms with van der Waals surface area (Å²) in [5.41, 5.74) is 0.942. The summed E-state index contributed by atoms with van der Waals surface area (Å²) in [5, 5.41) is 0. The van der Waals surface area contributed by atoms with Crippen LogP contribution in [0.25, 0.3) is 0 Å². The first-order chi connectivity index (χ1) is 7.63. The van der Waals surface area contributed by atoms with Crippen molar-refractivity contribution in [3.05, 3.63) is 29.8 Å². The van der Waals surface area contributed by atoms with E-state index in [2.05, 4.69) is 32.9 Å². The molecule has 0 radical (unpaired) electrons. The fraction of sp³-hybridized carbons (Fsp3) is 0.583. The number of pyridine rings is 1. The molecule has 88 valence electrons. The van der Waals surface area contributed by atoms with Crippen LogP contribution in [0.15, 0.2) is 18.5 Å². The summed E-state index contributed by atoms with van der Waals surface area (Å²) in [5.74, 6) is 0.533. The maximum absolute atomic E-state index is 12.9. The zero-order chi connectivity index (χ0) is 11.5. The van der Waals surface area contributed by atoms with E-state index in [0.717, 1.165) is 24.6 Å². The van der Waals surface area contributed by atoms with Gasteiger partial charge in [-0.3, -0.25) is 4.98 Å². The third-order valence-electron chi connectivity index (χ3n) is 2.96. The first kappa shape index (κ1) is 12.0. The second-order valence-electron chi connectivity index (χ2n) is 4.64. The third-order valence-corrected chi connectivity index (χ3v) is 3.71. The maximum Gasteiger partial charge on any atom is 0.141 e. The number of aromatic nitrogens is 1. The number of rotatable bonds is 4. The van der Waals surface area contributed by atoms with Crippen molar-refractivity contribution < 1.29 is 4.39 Å². The lowest BCUT2D eigenvalue weighted by atomic mass is 9.85. The molecule has 1 saturated carbocycles. The fourth-order valence-corrected chi connectivity index (χ4v) is 3.22.